The minimum atomic E-state index is -0.311. The first-order chi connectivity index (χ1) is 15.3. The first kappa shape index (κ1) is 21.1. The molecule has 0 radical (unpaired) electrons. The zero-order chi connectivity index (χ0) is 22.6. The number of rotatable bonds is 8. The van der Waals surface area contributed by atoms with Crippen molar-refractivity contribution >= 4 is 16.9 Å². The van der Waals surface area contributed by atoms with Crippen molar-refractivity contribution in [2.24, 2.45) is 17.8 Å². The first-order valence-electron chi connectivity index (χ1n) is 11.7. The van der Waals surface area contributed by atoms with E-state index in [4.69, 9.17) is 4.98 Å². The van der Waals surface area contributed by atoms with Crippen LogP contribution in [0.3, 0.4) is 0 Å². The minimum Gasteiger partial charge on any atom is -0.340 e. The SMILES string of the molecule is CC(C)c1ccc2[nH]c(C(NC(=O)c3ncnn3C(C)C)C(C3CC3)C3CC3)nc2c1F. The van der Waals surface area contributed by atoms with E-state index in [0.717, 1.165) is 0 Å². The summed E-state index contributed by atoms with van der Waals surface area (Å²) in [6, 6.07) is 3.42. The van der Waals surface area contributed by atoms with Crippen molar-refractivity contribution in [2.45, 2.75) is 71.4 Å². The summed E-state index contributed by atoms with van der Waals surface area (Å²) >= 11 is 0. The van der Waals surface area contributed by atoms with Crippen molar-refractivity contribution < 1.29 is 9.18 Å². The Hall–Kier alpha value is -2.77. The smallest absolute Gasteiger partial charge is 0.289 e. The summed E-state index contributed by atoms with van der Waals surface area (Å²) in [7, 11) is 0. The van der Waals surface area contributed by atoms with E-state index in [1.165, 1.54) is 32.0 Å². The van der Waals surface area contributed by atoms with Crippen LogP contribution in [0.15, 0.2) is 18.5 Å². The van der Waals surface area contributed by atoms with E-state index in [1.54, 1.807) is 4.68 Å². The molecule has 0 saturated heterocycles. The van der Waals surface area contributed by atoms with Crippen LogP contribution in [-0.4, -0.2) is 30.6 Å². The van der Waals surface area contributed by atoms with E-state index in [2.05, 4.69) is 20.4 Å². The van der Waals surface area contributed by atoms with E-state index in [9.17, 15) is 4.79 Å². The van der Waals surface area contributed by atoms with Crippen LogP contribution in [-0.2, 0) is 0 Å². The molecular weight excluding hydrogens is 407 g/mol. The molecule has 7 nitrogen and oxygen atoms in total. The van der Waals surface area contributed by atoms with Crippen molar-refractivity contribution in [1.82, 2.24) is 30.0 Å². The average molecular weight is 439 g/mol. The van der Waals surface area contributed by atoms with Gasteiger partial charge in [-0.15, -0.1) is 0 Å². The van der Waals surface area contributed by atoms with Gasteiger partial charge in [0.2, 0.25) is 5.82 Å². The van der Waals surface area contributed by atoms with E-state index < -0.39 is 0 Å². The second kappa shape index (κ2) is 7.98. The normalized spacial score (nSPS) is 17.6. The average Bonchev–Trinajstić information content (AvgIpc) is 3.66. The number of aromatic amines is 1. The molecule has 0 bridgehead atoms. The molecule has 1 amide bonds. The molecular formula is C24H31FN6O. The van der Waals surface area contributed by atoms with Crippen molar-refractivity contribution in [3.63, 3.8) is 0 Å². The van der Waals surface area contributed by atoms with E-state index in [0.29, 0.717) is 46.0 Å². The number of H-pyrrole nitrogens is 1. The van der Waals surface area contributed by atoms with Crippen LogP contribution >= 0.6 is 0 Å². The van der Waals surface area contributed by atoms with Crippen LogP contribution in [0.25, 0.3) is 11.0 Å². The van der Waals surface area contributed by atoms with Gasteiger partial charge in [0.05, 0.1) is 11.6 Å². The monoisotopic (exact) mass is 438 g/mol. The van der Waals surface area contributed by atoms with Crippen molar-refractivity contribution in [1.29, 1.82) is 0 Å². The van der Waals surface area contributed by atoms with Crippen LogP contribution in [0.5, 0.6) is 0 Å². The van der Waals surface area contributed by atoms with Crippen LogP contribution in [0, 0.1) is 23.6 Å². The van der Waals surface area contributed by atoms with Gasteiger partial charge in [0, 0.05) is 6.04 Å². The molecule has 32 heavy (non-hydrogen) atoms. The molecule has 1 unspecified atom stereocenters. The third kappa shape index (κ3) is 3.80. The number of aromatic nitrogens is 5. The zero-order valence-corrected chi connectivity index (χ0v) is 19.1. The summed E-state index contributed by atoms with van der Waals surface area (Å²) in [4.78, 5) is 25.5. The van der Waals surface area contributed by atoms with Crippen LogP contribution < -0.4 is 5.32 Å². The number of carbonyl (C=O) groups is 1. The summed E-state index contributed by atoms with van der Waals surface area (Å²) in [5, 5.41) is 7.41. The molecule has 3 aromatic rings. The van der Waals surface area contributed by atoms with Gasteiger partial charge in [-0.2, -0.15) is 5.10 Å². The van der Waals surface area contributed by atoms with Gasteiger partial charge in [0.1, 0.15) is 17.7 Å². The molecule has 2 aliphatic rings. The summed E-state index contributed by atoms with van der Waals surface area (Å²) in [5.41, 5.74) is 1.67. The number of halogens is 1. The fourth-order valence-corrected chi connectivity index (χ4v) is 4.90. The zero-order valence-electron chi connectivity index (χ0n) is 19.1. The third-order valence-electron chi connectivity index (χ3n) is 6.83. The highest BCUT2D eigenvalue weighted by molar-refractivity contribution is 5.91. The predicted molar refractivity (Wildman–Crippen MR) is 120 cm³/mol. The van der Waals surface area contributed by atoms with Crippen LogP contribution in [0.4, 0.5) is 4.39 Å². The molecule has 0 spiro atoms. The summed E-state index contributed by atoms with van der Waals surface area (Å²) in [6.07, 6.45) is 6.08. The van der Waals surface area contributed by atoms with E-state index in [1.807, 2.05) is 39.8 Å². The van der Waals surface area contributed by atoms with Gasteiger partial charge in [-0.3, -0.25) is 4.79 Å². The number of nitrogens with one attached hydrogen (secondary N) is 2. The lowest BCUT2D eigenvalue weighted by Gasteiger charge is -2.27. The van der Waals surface area contributed by atoms with E-state index in [-0.39, 0.29) is 29.7 Å². The van der Waals surface area contributed by atoms with Gasteiger partial charge in [0.25, 0.3) is 5.91 Å². The number of hydrogen-bond acceptors (Lipinski definition) is 4. The number of imidazole rings is 1. The number of benzene rings is 1. The molecule has 2 fully saturated rings. The van der Waals surface area contributed by atoms with Crippen LogP contribution in [0.1, 0.15) is 93.4 Å². The van der Waals surface area contributed by atoms with Crippen molar-refractivity contribution in [3.8, 4) is 0 Å². The van der Waals surface area contributed by atoms with Gasteiger partial charge in [0.15, 0.2) is 5.82 Å². The number of amides is 1. The van der Waals surface area contributed by atoms with Gasteiger partial charge in [-0.1, -0.05) is 19.9 Å². The molecule has 1 atom stereocenters. The molecule has 170 valence electrons. The maximum Gasteiger partial charge on any atom is 0.289 e. The number of fused-ring (bicyclic) bond motifs is 1. The Balaban J connectivity index is 1.54. The summed E-state index contributed by atoms with van der Waals surface area (Å²) < 4.78 is 16.8. The first-order valence-corrected chi connectivity index (χ1v) is 11.7. The second-order valence-corrected chi connectivity index (χ2v) is 9.97. The standard InChI is InChI=1S/C24H31FN6O/c1-12(2)16-9-10-17-20(19(16)25)29-22(28-17)21(18(14-5-6-14)15-7-8-15)30-24(32)23-26-11-27-31(23)13(3)4/h9-15,18,21H,5-8H2,1-4H3,(H,28,29)(H,30,32). The predicted octanol–water partition coefficient (Wildman–Crippen LogP) is 4.91. The molecule has 1 aromatic carbocycles. The number of nitrogens with zero attached hydrogens (tertiary/aromatic N) is 4. The van der Waals surface area contributed by atoms with Gasteiger partial charge in [-0.25, -0.2) is 19.0 Å². The fourth-order valence-electron chi connectivity index (χ4n) is 4.90. The lowest BCUT2D eigenvalue weighted by molar-refractivity contribution is 0.0890. The lowest BCUT2D eigenvalue weighted by Crippen LogP contribution is -2.37. The molecule has 2 aromatic heterocycles. The Labute approximate surface area is 187 Å². The van der Waals surface area contributed by atoms with Gasteiger partial charge in [-0.05, 0) is 74.8 Å². The topological polar surface area (TPSA) is 88.5 Å². The molecule has 2 saturated carbocycles. The Kier molecular flexibility index (Phi) is 5.26. The summed E-state index contributed by atoms with van der Waals surface area (Å²) in [5.74, 6) is 1.88. The Morgan fingerprint density at radius 2 is 1.84 bits per heavy atom. The maximum atomic E-state index is 15.2. The molecule has 2 heterocycles. The van der Waals surface area contributed by atoms with Gasteiger partial charge < -0.3 is 10.3 Å². The maximum absolute atomic E-state index is 15.2. The molecule has 0 aliphatic heterocycles. The highest BCUT2D eigenvalue weighted by Gasteiger charge is 2.47. The van der Waals surface area contributed by atoms with Crippen molar-refractivity contribution in [3.05, 3.63) is 41.5 Å². The Morgan fingerprint density at radius 1 is 1.16 bits per heavy atom. The highest BCUT2D eigenvalue weighted by Crippen LogP contribution is 2.54. The second-order valence-electron chi connectivity index (χ2n) is 9.97. The highest BCUT2D eigenvalue weighted by atomic mass is 19.1. The molecule has 2 aliphatic carbocycles. The fraction of sp³-hybridized carbons (Fsp3) is 0.583. The van der Waals surface area contributed by atoms with Crippen LogP contribution in [0.2, 0.25) is 0 Å². The number of hydrogen-bond donors (Lipinski definition) is 2. The minimum absolute atomic E-state index is 0.0223. The number of carbonyl (C=O) groups excluding carboxylic acids is 1. The lowest BCUT2D eigenvalue weighted by atomic mass is 9.88. The molecule has 8 heteroatoms. The van der Waals surface area contributed by atoms with Gasteiger partial charge >= 0.3 is 0 Å². The Bertz CT molecular complexity index is 1130. The Morgan fingerprint density at radius 3 is 2.44 bits per heavy atom. The largest absolute Gasteiger partial charge is 0.340 e. The molecule has 2 N–H and O–H groups in total. The van der Waals surface area contributed by atoms with Crippen molar-refractivity contribution in [2.75, 3.05) is 0 Å². The summed E-state index contributed by atoms with van der Waals surface area (Å²) in [6.45, 7) is 7.88. The third-order valence-corrected chi connectivity index (χ3v) is 6.83. The quantitative estimate of drug-likeness (QED) is 0.523. The molecule has 5 rings (SSSR count). The van der Waals surface area contributed by atoms with E-state index >= 15 is 4.39 Å².